The van der Waals surface area contributed by atoms with Gasteiger partial charge >= 0.3 is 0 Å². The lowest BCUT2D eigenvalue weighted by molar-refractivity contribution is 0.669. The summed E-state index contributed by atoms with van der Waals surface area (Å²) in [6, 6.07) is 73.3. The van der Waals surface area contributed by atoms with Gasteiger partial charge in [0.05, 0.1) is 16.8 Å². The molecule has 8 aromatic carbocycles. The van der Waals surface area contributed by atoms with Crippen LogP contribution in [0.1, 0.15) is 22.3 Å². The maximum absolute atomic E-state index is 6.09. The number of aromatic nitrogens is 2. The molecule has 2 aromatic heterocycles. The number of rotatable bonds is 6. The van der Waals surface area contributed by atoms with Gasteiger partial charge in [-0.1, -0.05) is 176 Å². The van der Waals surface area contributed by atoms with Crippen molar-refractivity contribution >= 4 is 21.9 Å². The van der Waals surface area contributed by atoms with E-state index in [1.54, 1.807) is 0 Å². The highest BCUT2D eigenvalue weighted by Gasteiger charge is 2.46. The molecule has 0 atom stereocenters. The van der Waals surface area contributed by atoms with Crippen molar-refractivity contribution < 1.29 is 4.42 Å². The van der Waals surface area contributed by atoms with Crippen LogP contribution in [0.25, 0.3) is 78.1 Å². The van der Waals surface area contributed by atoms with Gasteiger partial charge in [0.1, 0.15) is 11.2 Å². The molecule has 1 aliphatic rings. The van der Waals surface area contributed by atoms with Gasteiger partial charge in [0.25, 0.3) is 0 Å². The van der Waals surface area contributed by atoms with Crippen LogP contribution in [0.4, 0.5) is 0 Å². The van der Waals surface area contributed by atoms with Crippen molar-refractivity contribution in [1.29, 1.82) is 0 Å². The Bertz CT molecular complexity index is 3020. The number of para-hydroxylation sites is 1. The summed E-state index contributed by atoms with van der Waals surface area (Å²) in [5.41, 5.74) is 16.0. The smallest absolute Gasteiger partial charge is 0.160 e. The Hall–Kier alpha value is -7.36. The monoisotopic (exact) mass is 714 g/mol. The van der Waals surface area contributed by atoms with Gasteiger partial charge in [-0.15, -0.1) is 0 Å². The Morgan fingerprint density at radius 1 is 0.339 bits per heavy atom. The number of benzene rings is 8. The molecule has 0 amide bonds. The van der Waals surface area contributed by atoms with Gasteiger partial charge < -0.3 is 4.42 Å². The Labute approximate surface area is 325 Å². The fraction of sp³-hybridized carbons (Fsp3) is 0.0189. The summed E-state index contributed by atoms with van der Waals surface area (Å²) in [4.78, 5) is 10.4. The summed E-state index contributed by atoms with van der Waals surface area (Å²) in [7, 11) is 0. The Morgan fingerprint density at radius 3 is 1.64 bits per heavy atom. The second-order valence-electron chi connectivity index (χ2n) is 14.5. The van der Waals surface area contributed by atoms with Crippen LogP contribution in [0.3, 0.4) is 0 Å². The van der Waals surface area contributed by atoms with Crippen molar-refractivity contribution in [3.05, 3.63) is 229 Å². The first kappa shape index (κ1) is 32.1. The largest absolute Gasteiger partial charge is 0.456 e. The average molecular weight is 715 g/mol. The van der Waals surface area contributed by atoms with E-state index in [-0.39, 0.29) is 0 Å². The van der Waals surface area contributed by atoms with Crippen molar-refractivity contribution in [2.75, 3.05) is 0 Å². The van der Waals surface area contributed by atoms with Gasteiger partial charge in [0.2, 0.25) is 0 Å². The van der Waals surface area contributed by atoms with E-state index >= 15 is 0 Å². The molecule has 262 valence electrons. The van der Waals surface area contributed by atoms with Crippen molar-refractivity contribution in [2.45, 2.75) is 5.41 Å². The second-order valence-corrected chi connectivity index (χ2v) is 14.5. The first-order chi connectivity index (χ1) is 27.7. The summed E-state index contributed by atoms with van der Waals surface area (Å²) < 4.78 is 6.09. The van der Waals surface area contributed by atoms with Crippen LogP contribution >= 0.6 is 0 Å². The molecule has 0 unspecified atom stereocenters. The predicted molar refractivity (Wildman–Crippen MR) is 228 cm³/mol. The molecule has 0 aliphatic heterocycles. The highest BCUT2D eigenvalue weighted by molar-refractivity contribution is 6.06. The highest BCUT2D eigenvalue weighted by atomic mass is 16.3. The molecule has 3 nitrogen and oxygen atoms in total. The number of nitrogens with zero attached hydrogens (tertiary/aromatic N) is 2. The topological polar surface area (TPSA) is 38.9 Å². The summed E-state index contributed by atoms with van der Waals surface area (Å²) in [5, 5.41) is 2.25. The number of hydrogen-bond donors (Lipinski definition) is 0. The summed E-state index contributed by atoms with van der Waals surface area (Å²) in [6.45, 7) is 0. The van der Waals surface area contributed by atoms with Crippen LogP contribution in [0.5, 0.6) is 0 Å². The first-order valence-electron chi connectivity index (χ1n) is 19.1. The SMILES string of the molecule is c1ccc(-c2nc(-c3ccc(-c4ccc5oc6ccccc6c5c4)cc3)cc(-c3ccc4c(c3)-c3ccccc3C4(c3ccccc3)c3ccccc3)n2)cc1. The lowest BCUT2D eigenvalue weighted by Crippen LogP contribution is -2.28. The number of hydrogen-bond acceptors (Lipinski definition) is 3. The van der Waals surface area contributed by atoms with E-state index in [1.807, 2.05) is 30.3 Å². The van der Waals surface area contributed by atoms with E-state index in [0.29, 0.717) is 5.82 Å². The second kappa shape index (κ2) is 12.9. The fourth-order valence-electron chi connectivity index (χ4n) is 8.81. The summed E-state index contributed by atoms with van der Waals surface area (Å²) >= 11 is 0. The van der Waals surface area contributed by atoms with Crippen molar-refractivity contribution in [2.24, 2.45) is 0 Å². The van der Waals surface area contributed by atoms with Crippen LogP contribution in [-0.4, -0.2) is 9.97 Å². The van der Waals surface area contributed by atoms with Gasteiger partial charge in [-0.25, -0.2) is 9.97 Å². The molecule has 0 bridgehead atoms. The zero-order chi connectivity index (χ0) is 37.1. The third-order valence-electron chi connectivity index (χ3n) is 11.4. The van der Waals surface area contributed by atoms with Crippen molar-refractivity contribution in [3.63, 3.8) is 0 Å². The standard InChI is InChI=1S/C53H34N2O/c1-4-14-37(15-5-1)52-54-48(36-26-24-35(25-27-36)38-29-31-51-45(32-38)43-21-11-13-23-50(43)56-51)34-49(55-52)39-28-30-47-44(33-39)42-20-10-12-22-46(42)53(47,40-16-6-2-7-17-40)41-18-8-3-9-19-41/h1-34H. The van der Waals surface area contributed by atoms with Crippen molar-refractivity contribution in [3.8, 4) is 56.2 Å². The Morgan fingerprint density at radius 2 is 0.893 bits per heavy atom. The molecule has 2 heterocycles. The van der Waals surface area contributed by atoms with E-state index < -0.39 is 5.41 Å². The average Bonchev–Trinajstić information content (AvgIpc) is 3.80. The minimum Gasteiger partial charge on any atom is -0.456 e. The Balaban J connectivity index is 1.05. The fourth-order valence-corrected chi connectivity index (χ4v) is 8.81. The zero-order valence-electron chi connectivity index (χ0n) is 30.4. The molecule has 1 aliphatic carbocycles. The maximum atomic E-state index is 6.09. The van der Waals surface area contributed by atoms with Crippen LogP contribution in [-0.2, 0) is 5.41 Å². The van der Waals surface area contributed by atoms with Crippen LogP contribution < -0.4 is 0 Å². The molecule has 0 saturated heterocycles. The lowest BCUT2D eigenvalue weighted by atomic mass is 9.67. The Kier molecular flexibility index (Phi) is 7.39. The van der Waals surface area contributed by atoms with Gasteiger partial charge in [-0.2, -0.15) is 0 Å². The molecular weight excluding hydrogens is 681 g/mol. The van der Waals surface area contributed by atoms with E-state index in [4.69, 9.17) is 14.4 Å². The van der Waals surface area contributed by atoms with E-state index in [2.05, 4.69) is 176 Å². The molecule has 10 aromatic rings. The lowest BCUT2D eigenvalue weighted by Gasteiger charge is -2.33. The van der Waals surface area contributed by atoms with Gasteiger partial charge in [0, 0.05) is 27.5 Å². The molecule has 0 N–H and O–H groups in total. The quantitative estimate of drug-likeness (QED) is 0.172. The summed E-state index contributed by atoms with van der Waals surface area (Å²) in [5.74, 6) is 0.697. The summed E-state index contributed by atoms with van der Waals surface area (Å²) in [6.07, 6.45) is 0. The predicted octanol–water partition coefficient (Wildman–Crippen LogP) is 13.4. The third-order valence-corrected chi connectivity index (χ3v) is 11.4. The van der Waals surface area contributed by atoms with Gasteiger partial charge in [-0.05, 0) is 74.8 Å². The third kappa shape index (κ3) is 5.05. The molecule has 0 saturated carbocycles. The molecule has 0 fully saturated rings. The maximum Gasteiger partial charge on any atom is 0.160 e. The number of furan rings is 1. The van der Waals surface area contributed by atoms with Crippen LogP contribution in [0, 0.1) is 0 Å². The van der Waals surface area contributed by atoms with E-state index in [0.717, 1.165) is 61.1 Å². The minimum absolute atomic E-state index is 0.448. The van der Waals surface area contributed by atoms with E-state index in [9.17, 15) is 0 Å². The van der Waals surface area contributed by atoms with Crippen molar-refractivity contribution in [1.82, 2.24) is 9.97 Å². The number of fused-ring (bicyclic) bond motifs is 6. The van der Waals surface area contributed by atoms with Gasteiger partial charge in [0.15, 0.2) is 5.82 Å². The van der Waals surface area contributed by atoms with Gasteiger partial charge in [-0.3, -0.25) is 0 Å². The first-order valence-corrected chi connectivity index (χ1v) is 19.1. The molecule has 0 radical (unpaired) electrons. The highest BCUT2D eigenvalue weighted by Crippen LogP contribution is 2.56. The van der Waals surface area contributed by atoms with E-state index in [1.165, 1.54) is 33.4 Å². The molecule has 11 rings (SSSR count). The van der Waals surface area contributed by atoms with Crippen LogP contribution in [0.15, 0.2) is 211 Å². The molecular formula is C53H34N2O. The molecule has 0 spiro atoms. The zero-order valence-corrected chi connectivity index (χ0v) is 30.4. The normalized spacial score (nSPS) is 12.8. The van der Waals surface area contributed by atoms with Crippen LogP contribution in [0.2, 0.25) is 0 Å². The molecule has 3 heteroatoms. The minimum atomic E-state index is -0.448. The molecule has 56 heavy (non-hydrogen) atoms.